The number of nitrogens with zero attached hydrogens (tertiary/aromatic N) is 2. The van der Waals surface area contributed by atoms with Gasteiger partial charge in [-0.3, -0.25) is 9.69 Å². The SMILES string of the molecule is CCN(Cc1nc2ccsc2c(=O)[nH]1)CC(C)(C)CN. The van der Waals surface area contributed by atoms with Crippen LogP contribution >= 0.6 is 11.3 Å². The number of hydrogen-bond donors (Lipinski definition) is 2. The molecule has 0 atom stereocenters. The Hall–Kier alpha value is -1.24. The lowest BCUT2D eigenvalue weighted by Gasteiger charge is -2.30. The van der Waals surface area contributed by atoms with Gasteiger partial charge in [0.05, 0.1) is 12.1 Å². The van der Waals surface area contributed by atoms with Gasteiger partial charge >= 0.3 is 0 Å². The number of H-pyrrole nitrogens is 1. The first-order chi connectivity index (χ1) is 9.45. The molecule has 2 rings (SSSR count). The second kappa shape index (κ2) is 6.03. The van der Waals surface area contributed by atoms with Crippen molar-refractivity contribution in [3.8, 4) is 0 Å². The molecule has 20 heavy (non-hydrogen) atoms. The summed E-state index contributed by atoms with van der Waals surface area (Å²) in [6.45, 7) is 9.45. The van der Waals surface area contributed by atoms with Gasteiger partial charge in [0.25, 0.3) is 5.56 Å². The first kappa shape index (κ1) is 15.2. The molecule has 2 aromatic rings. The summed E-state index contributed by atoms with van der Waals surface area (Å²) < 4.78 is 0.694. The molecule has 0 unspecified atom stereocenters. The average molecular weight is 294 g/mol. The average Bonchev–Trinajstić information content (AvgIpc) is 2.86. The maximum absolute atomic E-state index is 11.9. The van der Waals surface area contributed by atoms with Crippen LogP contribution in [0.4, 0.5) is 0 Å². The molecule has 3 N–H and O–H groups in total. The van der Waals surface area contributed by atoms with Crippen LogP contribution < -0.4 is 11.3 Å². The minimum atomic E-state index is -0.0471. The van der Waals surface area contributed by atoms with Crippen LogP contribution in [0.25, 0.3) is 10.2 Å². The van der Waals surface area contributed by atoms with Crippen LogP contribution in [0.2, 0.25) is 0 Å². The molecule has 0 fully saturated rings. The van der Waals surface area contributed by atoms with Crippen molar-refractivity contribution in [2.45, 2.75) is 27.3 Å². The van der Waals surface area contributed by atoms with Crippen LogP contribution in [-0.2, 0) is 6.54 Å². The second-order valence-electron chi connectivity index (χ2n) is 5.82. The van der Waals surface area contributed by atoms with Crippen molar-refractivity contribution in [3.63, 3.8) is 0 Å². The van der Waals surface area contributed by atoms with Gasteiger partial charge in [-0.25, -0.2) is 4.98 Å². The van der Waals surface area contributed by atoms with Gasteiger partial charge in [0.15, 0.2) is 0 Å². The minimum absolute atomic E-state index is 0.0471. The summed E-state index contributed by atoms with van der Waals surface area (Å²) in [5.41, 5.74) is 6.58. The summed E-state index contributed by atoms with van der Waals surface area (Å²) in [4.78, 5) is 21.6. The van der Waals surface area contributed by atoms with Crippen molar-refractivity contribution in [2.24, 2.45) is 11.1 Å². The summed E-state index contributed by atoms with van der Waals surface area (Å²) in [6.07, 6.45) is 0. The van der Waals surface area contributed by atoms with Gasteiger partial charge in [-0.15, -0.1) is 11.3 Å². The van der Waals surface area contributed by atoms with Crippen molar-refractivity contribution in [3.05, 3.63) is 27.6 Å². The Morgan fingerprint density at radius 1 is 1.50 bits per heavy atom. The minimum Gasteiger partial charge on any atom is -0.330 e. The highest BCUT2D eigenvalue weighted by molar-refractivity contribution is 7.17. The Morgan fingerprint density at radius 3 is 2.90 bits per heavy atom. The molecule has 0 saturated carbocycles. The van der Waals surface area contributed by atoms with E-state index < -0.39 is 0 Å². The quantitative estimate of drug-likeness (QED) is 0.852. The third-order valence-corrected chi connectivity index (χ3v) is 4.29. The standard InChI is InChI=1S/C14H22N4OS/c1-4-18(9-14(2,3)8-15)7-11-16-10-5-6-20-12(10)13(19)17-11/h5-6H,4,7-9,15H2,1-3H3,(H,16,17,19). The van der Waals surface area contributed by atoms with E-state index in [1.807, 2.05) is 11.4 Å². The molecule has 5 nitrogen and oxygen atoms in total. The predicted molar refractivity (Wildman–Crippen MR) is 84.0 cm³/mol. The third kappa shape index (κ3) is 3.45. The number of thiophene rings is 1. The maximum atomic E-state index is 11.9. The largest absolute Gasteiger partial charge is 0.330 e. The number of aromatic amines is 1. The molecular formula is C14H22N4OS. The van der Waals surface area contributed by atoms with Crippen molar-refractivity contribution in [1.29, 1.82) is 0 Å². The fraction of sp³-hybridized carbons (Fsp3) is 0.571. The van der Waals surface area contributed by atoms with Crippen LogP contribution in [0.15, 0.2) is 16.2 Å². The van der Waals surface area contributed by atoms with Crippen LogP contribution in [-0.4, -0.2) is 34.5 Å². The first-order valence-electron chi connectivity index (χ1n) is 6.84. The van der Waals surface area contributed by atoms with E-state index in [4.69, 9.17) is 5.73 Å². The van der Waals surface area contributed by atoms with Gasteiger partial charge in [0.2, 0.25) is 0 Å². The summed E-state index contributed by atoms with van der Waals surface area (Å²) in [6, 6.07) is 1.89. The van der Waals surface area contributed by atoms with Gasteiger partial charge in [0.1, 0.15) is 10.5 Å². The third-order valence-electron chi connectivity index (χ3n) is 3.39. The van der Waals surface area contributed by atoms with E-state index in [-0.39, 0.29) is 11.0 Å². The lowest BCUT2D eigenvalue weighted by atomic mass is 9.93. The summed E-state index contributed by atoms with van der Waals surface area (Å²) >= 11 is 1.42. The van der Waals surface area contributed by atoms with E-state index >= 15 is 0 Å². The fourth-order valence-corrected chi connectivity index (χ4v) is 2.88. The smallest absolute Gasteiger partial charge is 0.268 e. The van der Waals surface area contributed by atoms with E-state index in [2.05, 4.69) is 35.6 Å². The van der Waals surface area contributed by atoms with E-state index in [9.17, 15) is 4.79 Å². The number of fused-ring (bicyclic) bond motifs is 1. The van der Waals surface area contributed by atoms with E-state index in [0.717, 1.165) is 24.4 Å². The highest BCUT2D eigenvalue weighted by Crippen LogP contribution is 2.17. The summed E-state index contributed by atoms with van der Waals surface area (Å²) in [5.74, 6) is 0.718. The van der Waals surface area contributed by atoms with Gasteiger partial charge in [-0.05, 0) is 30.0 Å². The predicted octanol–water partition coefficient (Wildman–Crippen LogP) is 1.79. The fourth-order valence-electron chi connectivity index (χ4n) is 2.16. The van der Waals surface area contributed by atoms with Crippen LogP contribution in [0.1, 0.15) is 26.6 Å². The van der Waals surface area contributed by atoms with Crippen molar-refractivity contribution in [1.82, 2.24) is 14.9 Å². The van der Waals surface area contributed by atoms with Crippen LogP contribution in [0.5, 0.6) is 0 Å². The maximum Gasteiger partial charge on any atom is 0.268 e. The van der Waals surface area contributed by atoms with E-state index in [0.29, 0.717) is 17.8 Å². The molecule has 2 heterocycles. The highest BCUT2D eigenvalue weighted by atomic mass is 32.1. The molecular weight excluding hydrogens is 272 g/mol. The normalized spacial score (nSPS) is 12.4. The number of aromatic nitrogens is 2. The molecule has 0 aliphatic carbocycles. The molecule has 0 aromatic carbocycles. The Morgan fingerprint density at radius 2 is 2.25 bits per heavy atom. The zero-order valence-corrected chi connectivity index (χ0v) is 13.1. The number of rotatable bonds is 6. The Bertz CT molecular complexity index is 631. The van der Waals surface area contributed by atoms with E-state index in [1.54, 1.807) is 0 Å². The molecule has 0 amide bonds. The molecule has 0 radical (unpaired) electrons. The zero-order valence-electron chi connectivity index (χ0n) is 12.3. The summed E-state index contributed by atoms with van der Waals surface area (Å²) in [7, 11) is 0. The van der Waals surface area contributed by atoms with Gasteiger partial charge in [-0.2, -0.15) is 0 Å². The highest BCUT2D eigenvalue weighted by Gasteiger charge is 2.20. The monoisotopic (exact) mass is 294 g/mol. The number of hydrogen-bond acceptors (Lipinski definition) is 5. The Balaban J connectivity index is 2.19. The number of nitrogens with one attached hydrogen (secondary N) is 1. The lowest BCUT2D eigenvalue weighted by Crippen LogP contribution is -2.38. The molecule has 0 aliphatic rings. The molecule has 2 aromatic heterocycles. The Labute approximate surface area is 122 Å². The first-order valence-corrected chi connectivity index (χ1v) is 7.72. The topological polar surface area (TPSA) is 75.0 Å². The van der Waals surface area contributed by atoms with Gasteiger partial charge < -0.3 is 10.7 Å². The zero-order chi connectivity index (χ0) is 14.8. The van der Waals surface area contributed by atoms with Gasteiger partial charge in [-0.1, -0.05) is 20.8 Å². The summed E-state index contributed by atoms with van der Waals surface area (Å²) in [5, 5.41) is 1.89. The number of nitrogens with two attached hydrogens (primary N) is 1. The van der Waals surface area contributed by atoms with E-state index in [1.165, 1.54) is 11.3 Å². The second-order valence-corrected chi connectivity index (χ2v) is 6.74. The molecule has 0 bridgehead atoms. The van der Waals surface area contributed by atoms with Crippen LogP contribution in [0.3, 0.4) is 0 Å². The molecule has 0 spiro atoms. The van der Waals surface area contributed by atoms with Crippen molar-refractivity contribution in [2.75, 3.05) is 19.6 Å². The van der Waals surface area contributed by atoms with Gasteiger partial charge in [0, 0.05) is 6.54 Å². The molecule has 6 heteroatoms. The van der Waals surface area contributed by atoms with Crippen molar-refractivity contribution >= 4 is 21.6 Å². The molecule has 0 saturated heterocycles. The molecule has 110 valence electrons. The molecule has 0 aliphatic heterocycles. The van der Waals surface area contributed by atoms with Crippen molar-refractivity contribution < 1.29 is 0 Å². The Kier molecular flexibility index (Phi) is 4.57. The lowest BCUT2D eigenvalue weighted by molar-refractivity contribution is 0.180. The van der Waals surface area contributed by atoms with Crippen LogP contribution in [0, 0.1) is 5.41 Å².